The van der Waals surface area contributed by atoms with E-state index in [4.69, 9.17) is 5.73 Å². The minimum absolute atomic E-state index is 0. The van der Waals surface area contributed by atoms with E-state index in [9.17, 15) is 13.2 Å². The molecule has 148 valence electrons. The summed E-state index contributed by atoms with van der Waals surface area (Å²) < 4.78 is 27.3. The van der Waals surface area contributed by atoms with Gasteiger partial charge in [-0.3, -0.25) is 4.79 Å². The average molecular weight is 412 g/mol. The second-order valence-corrected chi connectivity index (χ2v) is 8.09. The Hall–Kier alpha value is -1.93. The fourth-order valence-corrected chi connectivity index (χ4v) is 4.03. The first-order chi connectivity index (χ1) is 12.4. The Kier molecular flexibility index (Phi) is 8.92. The number of rotatable bonds is 8. The van der Waals surface area contributed by atoms with Gasteiger partial charge in [0.15, 0.2) is 0 Å². The van der Waals surface area contributed by atoms with Gasteiger partial charge in [-0.1, -0.05) is 30.3 Å². The third-order valence-electron chi connectivity index (χ3n) is 4.02. The maximum atomic E-state index is 12.9. The van der Waals surface area contributed by atoms with E-state index in [-0.39, 0.29) is 36.3 Å². The fourth-order valence-electron chi connectivity index (χ4n) is 2.57. The molecule has 1 amide bonds. The molecule has 6 nitrogen and oxygen atoms in total. The van der Waals surface area contributed by atoms with Crippen LogP contribution in [0.25, 0.3) is 0 Å². The highest BCUT2D eigenvalue weighted by Crippen LogP contribution is 2.17. The van der Waals surface area contributed by atoms with Crippen molar-refractivity contribution >= 4 is 28.3 Å². The van der Waals surface area contributed by atoms with E-state index in [1.807, 2.05) is 30.3 Å². The Balaban J connectivity index is 0.00000364. The molecule has 0 aliphatic heterocycles. The smallest absolute Gasteiger partial charge is 0.253 e. The second-order valence-electron chi connectivity index (χ2n) is 6.15. The van der Waals surface area contributed by atoms with Crippen LogP contribution in [0.3, 0.4) is 0 Å². The summed E-state index contributed by atoms with van der Waals surface area (Å²) in [5.74, 6) is -0.170. The zero-order valence-corrected chi connectivity index (χ0v) is 17.2. The molecule has 2 N–H and O–H groups in total. The van der Waals surface area contributed by atoms with Crippen molar-refractivity contribution in [3.05, 3.63) is 65.7 Å². The normalized spacial score (nSPS) is 11.1. The summed E-state index contributed by atoms with van der Waals surface area (Å²) in [6.45, 7) is 0.834. The van der Waals surface area contributed by atoms with Gasteiger partial charge >= 0.3 is 0 Å². The largest absolute Gasteiger partial charge is 0.345 e. The lowest BCUT2D eigenvalue weighted by Crippen LogP contribution is -2.37. The Bertz CT molecular complexity index is 825. The maximum absolute atomic E-state index is 12.9. The predicted octanol–water partition coefficient (Wildman–Crippen LogP) is 2.00. The summed E-state index contributed by atoms with van der Waals surface area (Å²) in [6, 6.07) is 15.7. The Morgan fingerprint density at radius 1 is 0.963 bits per heavy atom. The molecule has 0 aliphatic carbocycles. The summed E-state index contributed by atoms with van der Waals surface area (Å²) >= 11 is 0. The van der Waals surface area contributed by atoms with Crippen LogP contribution in [0.2, 0.25) is 0 Å². The Labute approximate surface area is 167 Å². The minimum atomic E-state index is -3.67. The highest BCUT2D eigenvalue weighted by Gasteiger charge is 2.24. The number of nitrogens with zero attached hydrogens (tertiary/aromatic N) is 2. The number of hydrogen-bond donors (Lipinski definition) is 1. The molecule has 0 aromatic heterocycles. The lowest BCUT2D eigenvalue weighted by Gasteiger charge is -2.22. The van der Waals surface area contributed by atoms with Gasteiger partial charge in [-0.15, -0.1) is 12.4 Å². The van der Waals surface area contributed by atoms with Crippen molar-refractivity contribution in [2.45, 2.75) is 11.3 Å². The number of carbonyl (C=O) groups excluding carboxylic acids is 1. The van der Waals surface area contributed by atoms with Crippen molar-refractivity contribution in [2.24, 2.45) is 5.73 Å². The van der Waals surface area contributed by atoms with E-state index in [1.54, 1.807) is 14.1 Å². The number of nitrogens with two attached hydrogens (primary N) is 1. The van der Waals surface area contributed by atoms with E-state index in [1.165, 1.54) is 33.5 Å². The molecule has 0 spiro atoms. The molecule has 2 rings (SSSR count). The topological polar surface area (TPSA) is 83.7 Å². The van der Waals surface area contributed by atoms with Crippen molar-refractivity contribution in [1.82, 2.24) is 9.21 Å². The lowest BCUT2D eigenvalue weighted by molar-refractivity contribution is 0.0827. The van der Waals surface area contributed by atoms with Gasteiger partial charge in [0, 0.05) is 39.3 Å². The summed E-state index contributed by atoms with van der Waals surface area (Å²) in [6.07, 6.45) is 0.608. The standard InChI is InChI=1S/C19H25N3O3S.ClH/c1-21(2)19(23)17-8-10-18(11-9-17)26(24,25)22(15-13-20)14-12-16-6-4-3-5-7-16;/h3-11H,12-15,20H2,1-2H3;1H. The van der Waals surface area contributed by atoms with E-state index in [0.717, 1.165) is 5.56 Å². The monoisotopic (exact) mass is 411 g/mol. The molecular formula is C19H26ClN3O3S. The third kappa shape index (κ3) is 6.04. The fraction of sp³-hybridized carbons (Fsp3) is 0.316. The first-order valence-corrected chi connectivity index (χ1v) is 9.86. The summed E-state index contributed by atoms with van der Waals surface area (Å²) in [4.78, 5) is 13.6. The highest BCUT2D eigenvalue weighted by molar-refractivity contribution is 7.89. The molecular weight excluding hydrogens is 386 g/mol. The second kappa shape index (κ2) is 10.4. The first kappa shape index (κ1) is 23.1. The van der Waals surface area contributed by atoms with Crippen LogP contribution in [0, 0.1) is 0 Å². The van der Waals surface area contributed by atoms with Gasteiger partial charge in [-0.2, -0.15) is 4.31 Å². The van der Waals surface area contributed by atoms with Gasteiger partial charge in [0.2, 0.25) is 10.0 Å². The molecule has 0 radical (unpaired) electrons. The molecule has 0 bridgehead atoms. The van der Waals surface area contributed by atoms with Crippen LogP contribution >= 0.6 is 12.4 Å². The maximum Gasteiger partial charge on any atom is 0.253 e. The van der Waals surface area contributed by atoms with E-state index < -0.39 is 10.0 Å². The molecule has 0 atom stereocenters. The molecule has 27 heavy (non-hydrogen) atoms. The molecule has 0 heterocycles. The average Bonchev–Trinajstić information content (AvgIpc) is 2.65. The summed E-state index contributed by atoms with van der Waals surface area (Å²) in [7, 11) is -0.363. The molecule has 0 saturated carbocycles. The van der Waals surface area contributed by atoms with Crippen molar-refractivity contribution < 1.29 is 13.2 Å². The van der Waals surface area contributed by atoms with Crippen LogP contribution in [-0.4, -0.2) is 57.3 Å². The predicted molar refractivity (Wildman–Crippen MR) is 110 cm³/mol. The zero-order chi connectivity index (χ0) is 19.2. The van der Waals surface area contributed by atoms with Crippen molar-refractivity contribution in [3.63, 3.8) is 0 Å². The number of benzene rings is 2. The summed E-state index contributed by atoms with van der Waals surface area (Å²) in [5.41, 5.74) is 7.13. The van der Waals surface area contributed by atoms with Crippen LogP contribution in [-0.2, 0) is 16.4 Å². The van der Waals surface area contributed by atoms with Gasteiger partial charge in [0.25, 0.3) is 5.91 Å². The van der Waals surface area contributed by atoms with Crippen LogP contribution < -0.4 is 5.73 Å². The van der Waals surface area contributed by atoms with Crippen LogP contribution in [0.15, 0.2) is 59.5 Å². The first-order valence-electron chi connectivity index (χ1n) is 8.42. The third-order valence-corrected chi connectivity index (χ3v) is 5.93. The van der Waals surface area contributed by atoms with E-state index in [0.29, 0.717) is 18.5 Å². The van der Waals surface area contributed by atoms with Crippen LogP contribution in [0.5, 0.6) is 0 Å². The lowest BCUT2D eigenvalue weighted by atomic mass is 10.1. The number of carbonyl (C=O) groups is 1. The molecule has 2 aromatic carbocycles. The number of amides is 1. The van der Waals surface area contributed by atoms with Gasteiger partial charge < -0.3 is 10.6 Å². The van der Waals surface area contributed by atoms with Gasteiger partial charge in [0.1, 0.15) is 0 Å². The Morgan fingerprint density at radius 3 is 2.07 bits per heavy atom. The van der Waals surface area contributed by atoms with Crippen LogP contribution in [0.4, 0.5) is 0 Å². The number of halogens is 1. The van der Waals surface area contributed by atoms with Gasteiger partial charge in [0.05, 0.1) is 4.90 Å². The SMILES string of the molecule is CN(C)C(=O)c1ccc(S(=O)(=O)N(CCN)CCc2ccccc2)cc1.Cl. The van der Waals surface area contributed by atoms with E-state index in [2.05, 4.69) is 0 Å². The highest BCUT2D eigenvalue weighted by atomic mass is 35.5. The molecule has 8 heteroatoms. The van der Waals surface area contributed by atoms with Crippen LogP contribution in [0.1, 0.15) is 15.9 Å². The zero-order valence-electron chi connectivity index (χ0n) is 15.5. The number of hydrogen-bond acceptors (Lipinski definition) is 4. The van der Waals surface area contributed by atoms with Crippen molar-refractivity contribution in [2.75, 3.05) is 33.7 Å². The number of sulfonamides is 1. The van der Waals surface area contributed by atoms with E-state index >= 15 is 0 Å². The van der Waals surface area contributed by atoms with Crippen molar-refractivity contribution in [3.8, 4) is 0 Å². The molecule has 0 fully saturated rings. The molecule has 0 saturated heterocycles. The molecule has 0 aliphatic rings. The quantitative estimate of drug-likeness (QED) is 0.720. The Morgan fingerprint density at radius 2 is 1.56 bits per heavy atom. The molecule has 2 aromatic rings. The minimum Gasteiger partial charge on any atom is -0.345 e. The van der Waals surface area contributed by atoms with Gasteiger partial charge in [-0.25, -0.2) is 8.42 Å². The van der Waals surface area contributed by atoms with Gasteiger partial charge in [-0.05, 0) is 36.2 Å². The molecule has 0 unspecified atom stereocenters. The summed E-state index contributed by atoms with van der Waals surface area (Å²) in [5, 5.41) is 0. The van der Waals surface area contributed by atoms with Crippen molar-refractivity contribution in [1.29, 1.82) is 0 Å².